The number of hydrogen-bond acceptors (Lipinski definition) is 4. The summed E-state index contributed by atoms with van der Waals surface area (Å²) in [5.41, 5.74) is 1.01. The van der Waals surface area contributed by atoms with Gasteiger partial charge in [0, 0.05) is 45.5 Å². The van der Waals surface area contributed by atoms with E-state index in [1.54, 1.807) is 19.2 Å². The van der Waals surface area contributed by atoms with Crippen LogP contribution in [0, 0.1) is 5.82 Å². The molecule has 9 heteroatoms. The Morgan fingerprint density at radius 3 is 2.80 bits per heavy atom. The topological polar surface area (TPSA) is 61.7 Å². The van der Waals surface area contributed by atoms with E-state index in [2.05, 4.69) is 29.9 Å². The number of benzene rings is 1. The lowest BCUT2D eigenvalue weighted by molar-refractivity contribution is 0.0977. The Hall–Kier alpha value is -1.97. The van der Waals surface area contributed by atoms with Gasteiger partial charge >= 0.3 is 10.2 Å². The van der Waals surface area contributed by atoms with Gasteiger partial charge in [0.1, 0.15) is 5.82 Å². The minimum Gasteiger partial charge on any atom is -0.295 e. The van der Waals surface area contributed by atoms with E-state index in [0.29, 0.717) is 25.1 Å². The highest BCUT2D eigenvalue weighted by Gasteiger charge is 2.55. The van der Waals surface area contributed by atoms with E-state index in [1.165, 1.54) is 26.4 Å². The highest BCUT2D eigenvalue weighted by Crippen LogP contribution is 2.44. The molecule has 0 unspecified atom stereocenters. The standard InChI is InChI=1S/C21H30FN5O2S/c1-4-11-26-20(8-10-23-26)15-25-12-9-21(14-17(25)2)16-24(3)30(28,29)27(21)19-7-5-6-18(22)13-19/h5-8,10,13,17H,4,9,11-12,14-16H2,1-3H3/t17-,21+/m0/s1. The summed E-state index contributed by atoms with van der Waals surface area (Å²) < 4.78 is 45.1. The SMILES string of the molecule is CCCn1nccc1CN1CC[C@@]2(C[C@@H]1C)CN(C)S(=O)(=O)N2c1cccc(F)c1. The second-order valence-corrected chi connectivity index (χ2v) is 10.4. The van der Waals surface area contributed by atoms with Gasteiger partial charge in [-0.3, -0.25) is 13.9 Å². The zero-order valence-corrected chi connectivity index (χ0v) is 18.6. The number of nitrogens with zero attached hydrogens (tertiary/aromatic N) is 5. The first kappa shape index (κ1) is 21.3. The van der Waals surface area contributed by atoms with E-state index in [4.69, 9.17) is 0 Å². The van der Waals surface area contributed by atoms with E-state index < -0.39 is 21.6 Å². The third-order valence-electron chi connectivity index (χ3n) is 6.38. The number of rotatable bonds is 5. The normalized spacial score (nSPS) is 27.2. The fourth-order valence-electron chi connectivity index (χ4n) is 4.99. The number of likely N-dealkylation sites (tertiary alicyclic amines) is 1. The van der Waals surface area contributed by atoms with Crippen molar-refractivity contribution in [2.24, 2.45) is 0 Å². The van der Waals surface area contributed by atoms with Crippen molar-refractivity contribution in [1.82, 2.24) is 19.0 Å². The first-order chi connectivity index (χ1) is 14.3. The molecule has 4 rings (SSSR count). The Kier molecular flexibility index (Phi) is 5.63. The molecule has 1 aromatic carbocycles. The molecule has 3 heterocycles. The van der Waals surface area contributed by atoms with Crippen LogP contribution in [-0.2, 0) is 23.3 Å². The Morgan fingerprint density at radius 1 is 1.30 bits per heavy atom. The molecular weight excluding hydrogens is 405 g/mol. The quantitative estimate of drug-likeness (QED) is 0.725. The summed E-state index contributed by atoms with van der Waals surface area (Å²) >= 11 is 0. The van der Waals surface area contributed by atoms with Crippen molar-refractivity contribution < 1.29 is 12.8 Å². The van der Waals surface area contributed by atoms with Crippen molar-refractivity contribution in [1.29, 1.82) is 0 Å². The van der Waals surface area contributed by atoms with Crippen LogP contribution in [0.2, 0.25) is 0 Å². The van der Waals surface area contributed by atoms with Gasteiger partial charge in [-0.25, -0.2) is 4.39 Å². The molecule has 2 fully saturated rings. The summed E-state index contributed by atoms with van der Waals surface area (Å²) in [6.07, 6.45) is 4.25. The summed E-state index contributed by atoms with van der Waals surface area (Å²) in [6, 6.07) is 8.15. The summed E-state index contributed by atoms with van der Waals surface area (Å²) in [7, 11) is -2.07. The Balaban J connectivity index is 1.60. The number of piperidine rings is 1. The summed E-state index contributed by atoms with van der Waals surface area (Å²) in [5, 5.41) is 4.42. The molecule has 2 atom stereocenters. The zero-order valence-electron chi connectivity index (χ0n) is 17.8. The predicted octanol–water partition coefficient (Wildman–Crippen LogP) is 2.85. The van der Waals surface area contributed by atoms with Crippen LogP contribution < -0.4 is 4.31 Å². The molecule has 0 bridgehead atoms. The maximum atomic E-state index is 13.9. The molecule has 7 nitrogen and oxygen atoms in total. The van der Waals surface area contributed by atoms with E-state index in [-0.39, 0.29) is 6.04 Å². The van der Waals surface area contributed by atoms with Crippen LogP contribution >= 0.6 is 0 Å². The number of hydrogen-bond donors (Lipinski definition) is 0. The fourth-order valence-corrected chi connectivity index (χ4v) is 6.76. The second-order valence-electron chi connectivity index (χ2n) is 8.55. The van der Waals surface area contributed by atoms with E-state index in [1.807, 2.05) is 10.9 Å². The first-order valence-corrected chi connectivity index (χ1v) is 11.9. The van der Waals surface area contributed by atoms with Crippen molar-refractivity contribution in [2.45, 2.75) is 57.8 Å². The number of aromatic nitrogens is 2. The number of halogens is 1. The summed E-state index contributed by atoms with van der Waals surface area (Å²) in [5.74, 6) is -0.429. The average molecular weight is 436 g/mol. The van der Waals surface area contributed by atoms with Crippen LogP contribution in [0.5, 0.6) is 0 Å². The predicted molar refractivity (Wildman–Crippen MR) is 115 cm³/mol. The third kappa shape index (κ3) is 3.63. The minimum absolute atomic E-state index is 0.182. The summed E-state index contributed by atoms with van der Waals surface area (Å²) in [4.78, 5) is 2.39. The highest BCUT2D eigenvalue weighted by molar-refractivity contribution is 7.90. The Labute approximate surface area is 178 Å². The van der Waals surface area contributed by atoms with Gasteiger partial charge in [-0.1, -0.05) is 13.0 Å². The van der Waals surface area contributed by atoms with Crippen LogP contribution in [-0.4, -0.2) is 59.1 Å². The molecule has 2 aromatic rings. The molecule has 0 amide bonds. The van der Waals surface area contributed by atoms with Gasteiger partial charge in [0.05, 0.1) is 16.9 Å². The van der Waals surface area contributed by atoms with Crippen LogP contribution in [0.4, 0.5) is 10.1 Å². The van der Waals surface area contributed by atoms with Crippen molar-refractivity contribution >= 4 is 15.9 Å². The first-order valence-electron chi connectivity index (χ1n) is 10.5. The van der Waals surface area contributed by atoms with Gasteiger partial charge in [0.25, 0.3) is 0 Å². The molecule has 2 aliphatic rings. The molecule has 30 heavy (non-hydrogen) atoms. The molecular formula is C21H30FN5O2S. The van der Waals surface area contributed by atoms with Crippen LogP contribution in [0.15, 0.2) is 36.5 Å². The van der Waals surface area contributed by atoms with E-state index >= 15 is 0 Å². The molecule has 2 aliphatic heterocycles. The van der Waals surface area contributed by atoms with Crippen LogP contribution in [0.3, 0.4) is 0 Å². The number of likely N-dealkylation sites (N-methyl/N-ethyl adjacent to an activating group) is 1. The summed E-state index contributed by atoms with van der Waals surface area (Å²) in [6.45, 7) is 7.16. The minimum atomic E-state index is -3.68. The second kappa shape index (κ2) is 7.94. The van der Waals surface area contributed by atoms with E-state index in [9.17, 15) is 12.8 Å². The largest absolute Gasteiger partial charge is 0.304 e. The van der Waals surface area contributed by atoms with Crippen molar-refractivity contribution in [3.05, 3.63) is 48.0 Å². The van der Waals surface area contributed by atoms with Gasteiger partial charge < -0.3 is 0 Å². The Morgan fingerprint density at radius 2 is 2.10 bits per heavy atom. The fraction of sp³-hybridized carbons (Fsp3) is 0.571. The average Bonchev–Trinajstić information content (AvgIpc) is 3.18. The zero-order chi connectivity index (χ0) is 21.5. The van der Waals surface area contributed by atoms with Gasteiger partial charge in [0.2, 0.25) is 0 Å². The lowest BCUT2D eigenvalue weighted by Crippen LogP contribution is -2.57. The number of aryl methyl sites for hydroxylation is 1. The Bertz CT molecular complexity index is 1010. The molecule has 164 valence electrons. The van der Waals surface area contributed by atoms with Gasteiger partial charge in [-0.15, -0.1) is 0 Å². The molecule has 0 aliphatic carbocycles. The van der Waals surface area contributed by atoms with Gasteiger partial charge in [0.15, 0.2) is 0 Å². The maximum Gasteiger partial charge on any atom is 0.304 e. The van der Waals surface area contributed by atoms with Crippen molar-refractivity contribution in [3.8, 4) is 0 Å². The van der Waals surface area contributed by atoms with Crippen molar-refractivity contribution in [3.63, 3.8) is 0 Å². The third-order valence-corrected chi connectivity index (χ3v) is 8.36. The monoisotopic (exact) mass is 435 g/mol. The highest BCUT2D eigenvalue weighted by atomic mass is 32.2. The maximum absolute atomic E-state index is 13.9. The number of anilines is 1. The van der Waals surface area contributed by atoms with E-state index in [0.717, 1.165) is 26.1 Å². The lowest BCUT2D eigenvalue weighted by atomic mass is 9.83. The molecule has 1 spiro atoms. The molecule has 0 radical (unpaired) electrons. The van der Waals surface area contributed by atoms with Crippen LogP contribution in [0.1, 0.15) is 38.8 Å². The van der Waals surface area contributed by atoms with Gasteiger partial charge in [-0.2, -0.15) is 17.8 Å². The van der Waals surface area contributed by atoms with Crippen LogP contribution in [0.25, 0.3) is 0 Å². The lowest BCUT2D eigenvalue weighted by Gasteiger charge is -2.47. The molecule has 1 aromatic heterocycles. The molecule has 2 saturated heterocycles. The van der Waals surface area contributed by atoms with Gasteiger partial charge in [-0.05, 0) is 50.5 Å². The molecule has 0 N–H and O–H groups in total. The van der Waals surface area contributed by atoms with Crippen molar-refractivity contribution in [2.75, 3.05) is 24.4 Å². The molecule has 0 saturated carbocycles. The smallest absolute Gasteiger partial charge is 0.295 e.